The van der Waals surface area contributed by atoms with Crippen LogP contribution in [0.2, 0.25) is 0 Å². The summed E-state index contributed by atoms with van der Waals surface area (Å²) in [4.78, 5) is 3.57. The molecule has 0 saturated carbocycles. The minimum Gasteiger partial charge on any atom is -0.497 e. The van der Waals surface area contributed by atoms with Gasteiger partial charge in [0.15, 0.2) is 0 Å². The van der Waals surface area contributed by atoms with Gasteiger partial charge in [-0.2, -0.15) is 0 Å². The molecule has 0 amide bonds. The van der Waals surface area contributed by atoms with Crippen LogP contribution in [0.25, 0.3) is 22.2 Å². The molecule has 3 nitrogen and oxygen atoms in total. The quantitative estimate of drug-likeness (QED) is 0.726. The number of benzene rings is 2. The first-order valence-corrected chi connectivity index (χ1v) is 6.76. The number of thiocarbonyl (C=S) groups is 1. The van der Waals surface area contributed by atoms with Crippen molar-refractivity contribution >= 4 is 28.1 Å². The summed E-state index contributed by atoms with van der Waals surface area (Å²) < 4.78 is 18.3. The fourth-order valence-electron chi connectivity index (χ4n) is 2.39. The van der Waals surface area contributed by atoms with Crippen molar-refractivity contribution in [2.75, 3.05) is 7.11 Å². The Labute approximate surface area is 126 Å². The average Bonchev–Trinajstić information content (AvgIpc) is 2.86. The van der Waals surface area contributed by atoms with Crippen LogP contribution < -0.4 is 10.5 Å². The van der Waals surface area contributed by atoms with Crippen molar-refractivity contribution in [3.8, 4) is 17.0 Å². The number of hydrogen-bond donors (Lipinski definition) is 2. The van der Waals surface area contributed by atoms with E-state index in [1.165, 1.54) is 12.1 Å². The van der Waals surface area contributed by atoms with Gasteiger partial charge in [-0.25, -0.2) is 4.39 Å². The van der Waals surface area contributed by atoms with E-state index in [2.05, 4.69) is 4.98 Å². The molecule has 21 heavy (non-hydrogen) atoms. The fourth-order valence-corrected chi connectivity index (χ4v) is 2.60. The zero-order valence-electron chi connectivity index (χ0n) is 11.3. The number of H-pyrrole nitrogens is 1. The lowest BCUT2D eigenvalue weighted by molar-refractivity contribution is 0.415. The lowest BCUT2D eigenvalue weighted by atomic mass is 10.1. The van der Waals surface area contributed by atoms with Crippen LogP contribution in [0.4, 0.5) is 4.39 Å². The maximum absolute atomic E-state index is 13.1. The second-order valence-electron chi connectivity index (χ2n) is 4.66. The third-order valence-corrected chi connectivity index (χ3v) is 3.59. The molecule has 0 aliphatic heterocycles. The molecule has 3 aromatic rings. The molecule has 5 heteroatoms. The van der Waals surface area contributed by atoms with E-state index in [-0.39, 0.29) is 10.8 Å². The summed E-state index contributed by atoms with van der Waals surface area (Å²) in [6.45, 7) is 0. The third kappa shape index (κ3) is 2.36. The summed E-state index contributed by atoms with van der Waals surface area (Å²) in [7, 11) is 1.61. The number of rotatable bonds is 3. The molecular weight excluding hydrogens is 287 g/mol. The molecule has 1 heterocycles. The molecule has 0 saturated heterocycles. The molecule has 0 aliphatic carbocycles. The van der Waals surface area contributed by atoms with Crippen molar-refractivity contribution in [3.63, 3.8) is 0 Å². The predicted octanol–water partition coefficient (Wildman–Crippen LogP) is 3.62. The maximum atomic E-state index is 13.1. The molecule has 1 aromatic heterocycles. The van der Waals surface area contributed by atoms with E-state index in [0.717, 1.165) is 33.5 Å². The molecule has 2 aromatic carbocycles. The van der Waals surface area contributed by atoms with Gasteiger partial charge in [0, 0.05) is 16.5 Å². The zero-order chi connectivity index (χ0) is 15.0. The van der Waals surface area contributed by atoms with Gasteiger partial charge in [-0.15, -0.1) is 0 Å². The van der Waals surface area contributed by atoms with Gasteiger partial charge in [0.2, 0.25) is 0 Å². The molecule has 3 rings (SSSR count). The number of halogens is 1. The Morgan fingerprint density at radius 2 is 1.90 bits per heavy atom. The van der Waals surface area contributed by atoms with E-state index in [0.29, 0.717) is 0 Å². The lowest BCUT2D eigenvalue weighted by Gasteiger charge is -2.04. The summed E-state index contributed by atoms with van der Waals surface area (Å²) in [5.74, 6) is 0.443. The molecule has 0 atom stereocenters. The maximum Gasteiger partial charge on any atom is 0.123 e. The molecule has 0 spiro atoms. The highest BCUT2D eigenvalue weighted by Gasteiger charge is 2.16. The fraction of sp³-hybridized carbons (Fsp3) is 0.0625. The minimum atomic E-state index is -0.284. The Hall–Kier alpha value is -2.40. The molecule has 106 valence electrons. The second kappa shape index (κ2) is 5.18. The molecule has 0 bridgehead atoms. The highest BCUT2D eigenvalue weighted by atomic mass is 32.1. The van der Waals surface area contributed by atoms with E-state index in [9.17, 15) is 4.39 Å². The van der Waals surface area contributed by atoms with Gasteiger partial charge in [0.1, 0.15) is 16.6 Å². The Kier molecular flexibility index (Phi) is 3.35. The van der Waals surface area contributed by atoms with Crippen molar-refractivity contribution in [1.82, 2.24) is 4.98 Å². The van der Waals surface area contributed by atoms with Crippen LogP contribution in [-0.2, 0) is 0 Å². The highest BCUT2D eigenvalue weighted by molar-refractivity contribution is 7.80. The van der Waals surface area contributed by atoms with Gasteiger partial charge < -0.3 is 15.5 Å². The van der Waals surface area contributed by atoms with Crippen LogP contribution in [0, 0.1) is 5.82 Å². The lowest BCUT2D eigenvalue weighted by Crippen LogP contribution is -2.10. The summed E-state index contributed by atoms with van der Waals surface area (Å²) >= 11 is 5.18. The number of ether oxygens (including phenoxy) is 1. The Morgan fingerprint density at radius 3 is 2.52 bits per heavy atom. The molecule has 0 fully saturated rings. The first kappa shape index (κ1) is 13.6. The van der Waals surface area contributed by atoms with Gasteiger partial charge >= 0.3 is 0 Å². The van der Waals surface area contributed by atoms with Crippen LogP contribution in [0.15, 0.2) is 42.5 Å². The standard InChI is InChI=1S/C16H13FN2OS/c1-20-11-6-7-13-12(8-11)14(16(18)21)15(19-13)9-2-4-10(17)5-3-9/h2-8,19H,1H3,(H2,18,21). The number of hydrogen-bond acceptors (Lipinski definition) is 2. The summed E-state index contributed by atoms with van der Waals surface area (Å²) in [5, 5.41) is 0.890. The third-order valence-electron chi connectivity index (χ3n) is 3.39. The topological polar surface area (TPSA) is 51.0 Å². The van der Waals surface area contributed by atoms with Crippen LogP contribution in [-0.4, -0.2) is 17.1 Å². The van der Waals surface area contributed by atoms with Crippen molar-refractivity contribution in [3.05, 3.63) is 53.8 Å². The number of methoxy groups -OCH3 is 1. The minimum absolute atomic E-state index is 0.284. The molecule has 0 unspecified atom stereocenters. The van der Waals surface area contributed by atoms with Gasteiger partial charge in [-0.05, 0) is 48.0 Å². The van der Waals surface area contributed by atoms with Crippen molar-refractivity contribution in [1.29, 1.82) is 0 Å². The monoisotopic (exact) mass is 300 g/mol. The number of nitrogens with one attached hydrogen (secondary N) is 1. The van der Waals surface area contributed by atoms with E-state index in [1.807, 2.05) is 18.2 Å². The second-order valence-corrected chi connectivity index (χ2v) is 5.10. The molecule has 0 aliphatic rings. The van der Waals surface area contributed by atoms with Crippen molar-refractivity contribution < 1.29 is 9.13 Å². The predicted molar refractivity (Wildman–Crippen MR) is 86.1 cm³/mol. The van der Waals surface area contributed by atoms with Crippen LogP contribution >= 0.6 is 12.2 Å². The Balaban J connectivity index is 2.29. The van der Waals surface area contributed by atoms with Crippen molar-refractivity contribution in [2.24, 2.45) is 5.73 Å². The molecular formula is C16H13FN2OS. The Bertz CT molecular complexity index is 824. The smallest absolute Gasteiger partial charge is 0.123 e. The number of nitrogens with two attached hydrogens (primary N) is 1. The van der Waals surface area contributed by atoms with E-state index < -0.39 is 0 Å². The van der Waals surface area contributed by atoms with Gasteiger partial charge in [-0.3, -0.25) is 0 Å². The van der Waals surface area contributed by atoms with E-state index in [1.54, 1.807) is 19.2 Å². The normalized spacial score (nSPS) is 10.8. The Morgan fingerprint density at radius 1 is 1.19 bits per heavy atom. The van der Waals surface area contributed by atoms with E-state index in [4.69, 9.17) is 22.7 Å². The van der Waals surface area contributed by atoms with Gasteiger partial charge in [0.25, 0.3) is 0 Å². The van der Waals surface area contributed by atoms with Crippen molar-refractivity contribution in [2.45, 2.75) is 0 Å². The number of aromatic nitrogens is 1. The van der Waals surface area contributed by atoms with Crippen LogP contribution in [0.5, 0.6) is 5.75 Å². The molecule has 3 N–H and O–H groups in total. The summed E-state index contributed by atoms with van der Waals surface area (Å²) in [5.41, 5.74) is 9.13. The highest BCUT2D eigenvalue weighted by Crippen LogP contribution is 2.32. The van der Waals surface area contributed by atoms with Crippen LogP contribution in [0.3, 0.4) is 0 Å². The number of fused-ring (bicyclic) bond motifs is 1. The summed E-state index contributed by atoms with van der Waals surface area (Å²) in [6, 6.07) is 11.8. The van der Waals surface area contributed by atoms with Gasteiger partial charge in [-0.1, -0.05) is 12.2 Å². The SMILES string of the molecule is COc1ccc2[nH]c(-c3ccc(F)cc3)c(C(N)=S)c2c1. The average molecular weight is 300 g/mol. The first-order chi connectivity index (χ1) is 10.1. The largest absolute Gasteiger partial charge is 0.497 e. The molecule has 0 radical (unpaired) electrons. The summed E-state index contributed by atoms with van der Waals surface area (Å²) in [6.07, 6.45) is 0. The number of aromatic amines is 1. The first-order valence-electron chi connectivity index (χ1n) is 6.35. The zero-order valence-corrected chi connectivity index (χ0v) is 12.1. The van der Waals surface area contributed by atoms with Crippen LogP contribution in [0.1, 0.15) is 5.56 Å². The van der Waals surface area contributed by atoms with E-state index >= 15 is 0 Å². The van der Waals surface area contributed by atoms with Gasteiger partial charge in [0.05, 0.1) is 12.8 Å².